The topological polar surface area (TPSA) is 61.5 Å². The van der Waals surface area contributed by atoms with Gasteiger partial charge in [0.1, 0.15) is 0 Å². The number of esters is 1. The van der Waals surface area contributed by atoms with Gasteiger partial charge in [0.25, 0.3) is 0 Å². The molecule has 0 bridgehead atoms. The van der Waals surface area contributed by atoms with Crippen LogP contribution in [-0.4, -0.2) is 5.97 Å². The Morgan fingerprint density at radius 2 is 1.32 bits per heavy atom. The second-order valence-electron chi connectivity index (χ2n) is 5.61. The zero-order valence-electron chi connectivity index (χ0n) is 13.7. The summed E-state index contributed by atoms with van der Waals surface area (Å²) in [6, 6.07) is 26.4. The molecule has 25 heavy (non-hydrogen) atoms. The molecular weight excluding hydrogens is 314 g/mol. The first-order valence-electron chi connectivity index (χ1n) is 7.99. The molecular formula is C21H19NO3. The highest BCUT2D eigenvalue weighted by Gasteiger charge is 2.19. The van der Waals surface area contributed by atoms with E-state index in [0.717, 1.165) is 16.7 Å². The number of rotatable bonds is 6. The van der Waals surface area contributed by atoms with Crippen LogP contribution in [0.15, 0.2) is 84.9 Å². The standard InChI is InChI=1S/C21H19NO3/c22-24-15-16-11-13-19(14-12-16)21(23)25-20(17-7-3-1-4-8-17)18-9-5-2-6-10-18/h1-14,20H,15,22H2. The Hall–Kier alpha value is -2.95. The summed E-state index contributed by atoms with van der Waals surface area (Å²) in [6.07, 6.45) is -0.457. The summed E-state index contributed by atoms with van der Waals surface area (Å²) in [5, 5.41) is 0. The number of benzene rings is 3. The Labute approximate surface area is 146 Å². The molecule has 0 heterocycles. The van der Waals surface area contributed by atoms with Crippen molar-refractivity contribution in [2.24, 2.45) is 5.90 Å². The van der Waals surface area contributed by atoms with Crippen molar-refractivity contribution in [3.05, 3.63) is 107 Å². The number of hydrogen-bond acceptors (Lipinski definition) is 4. The number of nitrogens with two attached hydrogens (primary N) is 1. The molecule has 126 valence electrons. The van der Waals surface area contributed by atoms with E-state index in [4.69, 9.17) is 10.6 Å². The SMILES string of the molecule is NOCc1ccc(C(=O)OC(c2ccccc2)c2ccccc2)cc1. The average molecular weight is 333 g/mol. The molecule has 0 aliphatic heterocycles. The lowest BCUT2D eigenvalue weighted by molar-refractivity contribution is 0.0378. The van der Waals surface area contributed by atoms with E-state index >= 15 is 0 Å². The third-order valence-electron chi connectivity index (χ3n) is 3.87. The molecule has 0 fully saturated rings. The Bertz CT molecular complexity index is 762. The van der Waals surface area contributed by atoms with Crippen LogP contribution in [-0.2, 0) is 16.2 Å². The summed E-state index contributed by atoms with van der Waals surface area (Å²) in [5.74, 6) is 4.68. The van der Waals surface area contributed by atoms with Crippen molar-refractivity contribution in [1.82, 2.24) is 0 Å². The van der Waals surface area contributed by atoms with Crippen LogP contribution in [0.4, 0.5) is 0 Å². The number of ether oxygens (including phenoxy) is 1. The number of hydrogen-bond donors (Lipinski definition) is 1. The van der Waals surface area contributed by atoms with E-state index in [-0.39, 0.29) is 5.97 Å². The fourth-order valence-electron chi connectivity index (χ4n) is 2.59. The van der Waals surface area contributed by atoms with E-state index in [1.165, 1.54) is 0 Å². The van der Waals surface area contributed by atoms with Crippen molar-refractivity contribution in [1.29, 1.82) is 0 Å². The van der Waals surface area contributed by atoms with Gasteiger partial charge in [-0.1, -0.05) is 72.8 Å². The Morgan fingerprint density at radius 1 is 0.800 bits per heavy atom. The fraction of sp³-hybridized carbons (Fsp3) is 0.0952. The molecule has 0 amide bonds. The minimum Gasteiger partial charge on any atom is -0.449 e. The molecule has 0 atom stereocenters. The van der Waals surface area contributed by atoms with Crippen molar-refractivity contribution in [3.8, 4) is 0 Å². The third kappa shape index (κ3) is 4.32. The van der Waals surface area contributed by atoms with Gasteiger partial charge >= 0.3 is 5.97 Å². The first-order chi connectivity index (χ1) is 12.3. The Balaban J connectivity index is 1.84. The van der Waals surface area contributed by atoms with Crippen LogP contribution in [0.2, 0.25) is 0 Å². The van der Waals surface area contributed by atoms with Gasteiger partial charge in [-0.3, -0.25) is 4.84 Å². The second-order valence-corrected chi connectivity index (χ2v) is 5.61. The molecule has 0 unspecified atom stereocenters. The summed E-state index contributed by atoms with van der Waals surface area (Å²) in [7, 11) is 0. The molecule has 3 rings (SSSR count). The second kappa shape index (κ2) is 8.24. The molecule has 3 aromatic carbocycles. The van der Waals surface area contributed by atoms with Crippen molar-refractivity contribution in [3.63, 3.8) is 0 Å². The molecule has 0 saturated carbocycles. The zero-order valence-corrected chi connectivity index (χ0v) is 13.7. The number of carbonyl (C=O) groups is 1. The molecule has 0 saturated heterocycles. The van der Waals surface area contributed by atoms with E-state index in [2.05, 4.69) is 4.84 Å². The van der Waals surface area contributed by atoms with Crippen LogP contribution in [0.5, 0.6) is 0 Å². The van der Waals surface area contributed by atoms with E-state index < -0.39 is 6.10 Å². The summed E-state index contributed by atoms with van der Waals surface area (Å²) >= 11 is 0. The predicted octanol–water partition coefficient (Wildman–Crippen LogP) is 4.02. The molecule has 0 aromatic heterocycles. The molecule has 4 heteroatoms. The lowest BCUT2D eigenvalue weighted by atomic mass is 10.0. The van der Waals surface area contributed by atoms with Gasteiger partial charge in [0.05, 0.1) is 12.2 Å². The van der Waals surface area contributed by atoms with Crippen molar-refractivity contribution < 1.29 is 14.4 Å². The van der Waals surface area contributed by atoms with Gasteiger partial charge in [0.2, 0.25) is 0 Å². The van der Waals surface area contributed by atoms with Crippen LogP contribution in [0.3, 0.4) is 0 Å². The van der Waals surface area contributed by atoms with Crippen molar-refractivity contribution in [2.75, 3.05) is 0 Å². The van der Waals surface area contributed by atoms with E-state index in [0.29, 0.717) is 12.2 Å². The van der Waals surface area contributed by atoms with Gasteiger partial charge in [0, 0.05) is 0 Å². The third-order valence-corrected chi connectivity index (χ3v) is 3.87. The highest BCUT2D eigenvalue weighted by molar-refractivity contribution is 5.89. The lowest BCUT2D eigenvalue weighted by Crippen LogP contribution is -2.13. The van der Waals surface area contributed by atoms with Gasteiger partial charge in [0.15, 0.2) is 6.10 Å². The smallest absolute Gasteiger partial charge is 0.339 e. The molecule has 0 spiro atoms. The first-order valence-corrected chi connectivity index (χ1v) is 7.99. The molecule has 0 radical (unpaired) electrons. The lowest BCUT2D eigenvalue weighted by Gasteiger charge is -2.19. The highest BCUT2D eigenvalue weighted by Crippen LogP contribution is 2.27. The van der Waals surface area contributed by atoms with Crippen LogP contribution < -0.4 is 5.90 Å². The highest BCUT2D eigenvalue weighted by atomic mass is 16.6. The largest absolute Gasteiger partial charge is 0.449 e. The van der Waals surface area contributed by atoms with Crippen LogP contribution in [0.25, 0.3) is 0 Å². The molecule has 0 aliphatic carbocycles. The maximum Gasteiger partial charge on any atom is 0.339 e. The maximum absolute atomic E-state index is 12.6. The van der Waals surface area contributed by atoms with E-state index in [1.54, 1.807) is 24.3 Å². The van der Waals surface area contributed by atoms with Crippen molar-refractivity contribution >= 4 is 5.97 Å². The van der Waals surface area contributed by atoms with Crippen LogP contribution >= 0.6 is 0 Å². The molecule has 4 nitrogen and oxygen atoms in total. The minimum atomic E-state index is -0.457. The monoisotopic (exact) mass is 333 g/mol. The van der Waals surface area contributed by atoms with Gasteiger partial charge in [-0.05, 0) is 28.8 Å². The summed E-state index contributed by atoms with van der Waals surface area (Å²) in [4.78, 5) is 17.2. The van der Waals surface area contributed by atoms with Crippen molar-refractivity contribution in [2.45, 2.75) is 12.7 Å². The van der Waals surface area contributed by atoms with Gasteiger partial charge in [-0.25, -0.2) is 10.7 Å². The van der Waals surface area contributed by atoms with Gasteiger partial charge < -0.3 is 4.74 Å². The Morgan fingerprint density at radius 3 is 1.80 bits per heavy atom. The van der Waals surface area contributed by atoms with E-state index in [1.807, 2.05) is 60.7 Å². The Kier molecular flexibility index (Phi) is 5.57. The van der Waals surface area contributed by atoms with Gasteiger partial charge in [-0.15, -0.1) is 0 Å². The summed E-state index contributed by atoms with van der Waals surface area (Å²) < 4.78 is 5.81. The summed E-state index contributed by atoms with van der Waals surface area (Å²) in [5.41, 5.74) is 3.23. The fourth-order valence-corrected chi connectivity index (χ4v) is 2.59. The molecule has 3 aromatic rings. The quantitative estimate of drug-likeness (QED) is 0.546. The maximum atomic E-state index is 12.6. The van der Waals surface area contributed by atoms with Gasteiger partial charge in [-0.2, -0.15) is 0 Å². The van der Waals surface area contributed by atoms with Crippen LogP contribution in [0, 0.1) is 0 Å². The molecule has 0 aliphatic rings. The minimum absolute atomic E-state index is 0.298. The predicted molar refractivity (Wildman–Crippen MR) is 95.6 cm³/mol. The number of carbonyl (C=O) groups excluding carboxylic acids is 1. The zero-order chi connectivity index (χ0) is 17.5. The molecule has 2 N–H and O–H groups in total. The van der Waals surface area contributed by atoms with Crippen LogP contribution in [0.1, 0.15) is 33.2 Å². The summed E-state index contributed by atoms with van der Waals surface area (Å²) in [6.45, 7) is 0.298. The average Bonchev–Trinajstić information content (AvgIpc) is 2.68. The first kappa shape index (κ1) is 16.9. The van der Waals surface area contributed by atoms with E-state index in [9.17, 15) is 4.79 Å². The normalized spacial score (nSPS) is 10.6.